The molecule has 0 radical (unpaired) electrons. The van der Waals surface area contributed by atoms with Crippen LogP contribution in [0.15, 0.2) is 22.5 Å². The molecule has 0 aliphatic carbocycles. The average molecular weight is 579 g/mol. The Labute approximate surface area is 228 Å². The molecule has 1 aromatic heterocycles. The third-order valence-electron chi connectivity index (χ3n) is 6.91. The van der Waals surface area contributed by atoms with Crippen molar-refractivity contribution in [1.29, 1.82) is 0 Å². The van der Waals surface area contributed by atoms with Crippen molar-refractivity contribution in [2.24, 2.45) is 10.9 Å². The maximum absolute atomic E-state index is 11.1. The van der Waals surface area contributed by atoms with Crippen molar-refractivity contribution < 1.29 is 14.3 Å². The lowest BCUT2D eigenvalue weighted by atomic mass is 9.97. The van der Waals surface area contributed by atoms with E-state index in [9.17, 15) is 4.79 Å². The molecule has 0 amide bonds. The summed E-state index contributed by atoms with van der Waals surface area (Å²) in [6.45, 7) is 10.6. The van der Waals surface area contributed by atoms with Crippen LogP contribution in [0.5, 0.6) is 0 Å². The first kappa shape index (κ1) is 29.0. The molecule has 0 unspecified atom stereocenters. The minimum Gasteiger partial charge on any atom is -0.381 e. The SMILES string of the molecule is CCN(C)C=Nc1cc(C)c(Cc2nc(C3CCOCC3)cs2)cc1C.O=C(CBr)C1CCOCC1. The number of halogens is 1. The number of alkyl halides is 1. The Morgan fingerprint density at radius 3 is 2.44 bits per heavy atom. The smallest absolute Gasteiger partial charge is 0.146 e. The first-order chi connectivity index (χ1) is 17.4. The van der Waals surface area contributed by atoms with Crippen LogP contribution in [-0.2, 0) is 20.7 Å². The molecule has 0 spiro atoms. The number of rotatable bonds is 8. The average Bonchev–Trinajstić information content (AvgIpc) is 3.39. The van der Waals surface area contributed by atoms with Gasteiger partial charge in [0.1, 0.15) is 5.78 Å². The molecule has 2 fully saturated rings. The maximum atomic E-state index is 11.1. The number of aromatic nitrogens is 1. The molecule has 8 heteroatoms. The van der Waals surface area contributed by atoms with E-state index in [0.29, 0.717) is 17.0 Å². The Hall–Kier alpha value is -1.61. The molecule has 36 heavy (non-hydrogen) atoms. The molecule has 1 aromatic carbocycles. The summed E-state index contributed by atoms with van der Waals surface area (Å²) in [5, 5.41) is 3.95. The highest BCUT2D eigenvalue weighted by atomic mass is 79.9. The van der Waals surface area contributed by atoms with E-state index >= 15 is 0 Å². The Morgan fingerprint density at radius 2 is 1.81 bits per heavy atom. The van der Waals surface area contributed by atoms with Gasteiger partial charge >= 0.3 is 0 Å². The second-order valence-electron chi connectivity index (χ2n) is 9.60. The van der Waals surface area contributed by atoms with Crippen LogP contribution in [0.25, 0.3) is 0 Å². The van der Waals surface area contributed by atoms with E-state index < -0.39 is 0 Å². The highest BCUT2D eigenvalue weighted by Gasteiger charge is 2.20. The van der Waals surface area contributed by atoms with Gasteiger partial charge in [0.25, 0.3) is 0 Å². The van der Waals surface area contributed by atoms with Gasteiger partial charge in [-0.3, -0.25) is 4.79 Å². The molecule has 0 N–H and O–H groups in total. The lowest BCUT2D eigenvalue weighted by molar-refractivity contribution is -0.122. The summed E-state index contributed by atoms with van der Waals surface area (Å²) in [5.41, 5.74) is 6.15. The molecular formula is C28H40BrN3O3S. The van der Waals surface area contributed by atoms with Crippen LogP contribution in [-0.4, -0.2) is 67.4 Å². The summed E-state index contributed by atoms with van der Waals surface area (Å²) in [7, 11) is 2.04. The van der Waals surface area contributed by atoms with Gasteiger partial charge in [-0.05, 0) is 69.2 Å². The minimum atomic E-state index is 0.258. The van der Waals surface area contributed by atoms with Crippen LogP contribution in [0.4, 0.5) is 5.69 Å². The fraction of sp³-hybridized carbons (Fsp3) is 0.607. The number of ketones is 1. The third kappa shape index (κ3) is 8.75. The minimum absolute atomic E-state index is 0.258. The molecule has 198 valence electrons. The molecule has 2 aliphatic heterocycles. The van der Waals surface area contributed by atoms with Crippen molar-refractivity contribution in [2.75, 3.05) is 45.4 Å². The molecular weight excluding hydrogens is 538 g/mol. The van der Waals surface area contributed by atoms with Gasteiger partial charge in [0, 0.05) is 63.7 Å². The van der Waals surface area contributed by atoms with Crippen molar-refractivity contribution >= 4 is 45.1 Å². The number of hydrogen-bond acceptors (Lipinski definition) is 6. The first-order valence-corrected chi connectivity index (χ1v) is 14.9. The second-order valence-corrected chi connectivity index (χ2v) is 11.1. The molecule has 2 aromatic rings. The number of aliphatic imine (C=N–C) groups is 1. The van der Waals surface area contributed by atoms with Crippen LogP contribution in [0.2, 0.25) is 0 Å². The molecule has 2 aliphatic rings. The Morgan fingerprint density at radius 1 is 1.14 bits per heavy atom. The zero-order chi connectivity index (χ0) is 25.9. The van der Waals surface area contributed by atoms with Gasteiger partial charge in [0.05, 0.1) is 28.1 Å². The second kappa shape index (κ2) is 15.0. The van der Waals surface area contributed by atoms with Crippen LogP contribution in [0, 0.1) is 19.8 Å². The van der Waals surface area contributed by atoms with Crippen molar-refractivity contribution in [3.63, 3.8) is 0 Å². The third-order valence-corrected chi connectivity index (χ3v) is 8.33. The van der Waals surface area contributed by atoms with Gasteiger partial charge in [-0.1, -0.05) is 22.0 Å². The van der Waals surface area contributed by atoms with Crippen LogP contribution < -0.4 is 0 Å². The molecule has 2 saturated heterocycles. The van der Waals surface area contributed by atoms with Crippen molar-refractivity contribution in [3.8, 4) is 0 Å². The largest absolute Gasteiger partial charge is 0.381 e. The number of thiazole rings is 1. The van der Waals surface area contributed by atoms with Crippen LogP contribution in [0.3, 0.4) is 0 Å². The van der Waals surface area contributed by atoms with Gasteiger partial charge < -0.3 is 14.4 Å². The van der Waals surface area contributed by atoms with E-state index in [1.54, 1.807) is 11.3 Å². The van der Waals surface area contributed by atoms with E-state index in [1.807, 2.05) is 13.4 Å². The van der Waals surface area contributed by atoms with Gasteiger partial charge in [0.2, 0.25) is 0 Å². The molecule has 0 bridgehead atoms. The summed E-state index contributed by atoms with van der Waals surface area (Å²) in [6, 6.07) is 4.46. The highest BCUT2D eigenvalue weighted by molar-refractivity contribution is 9.09. The predicted octanol–water partition coefficient (Wildman–Crippen LogP) is 6.23. The van der Waals surface area contributed by atoms with Gasteiger partial charge in [-0.25, -0.2) is 9.98 Å². The van der Waals surface area contributed by atoms with Crippen molar-refractivity contribution in [3.05, 3.63) is 44.9 Å². The fourth-order valence-electron chi connectivity index (χ4n) is 4.31. The summed E-state index contributed by atoms with van der Waals surface area (Å²) < 4.78 is 10.6. The number of carbonyl (C=O) groups is 1. The normalized spacial score (nSPS) is 17.1. The van der Waals surface area contributed by atoms with Crippen molar-refractivity contribution in [2.45, 2.75) is 58.8 Å². The van der Waals surface area contributed by atoms with Crippen LogP contribution >= 0.6 is 27.3 Å². The quantitative estimate of drug-likeness (QED) is 0.211. The summed E-state index contributed by atoms with van der Waals surface area (Å²) in [5.74, 6) is 1.15. The Bertz CT molecular complexity index is 998. The van der Waals surface area contributed by atoms with Gasteiger partial charge in [0.15, 0.2) is 0 Å². The molecule has 0 atom stereocenters. The number of carbonyl (C=O) groups excluding carboxylic acids is 1. The lowest BCUT2D eigenvalue weighted by Crippen LogP contribution is -2.23. The van der Waals surface area contributed by atoms with E-state index in [1.165, 1.54) is 27.4 Å². The molecule has 3 heterocycles. The van der Waals surface area contributed by atoms with E-state index in [2.05, 4.69) is 64.1 Å². The van der Waals surface area contributed by atoms with E-state index in [0.717, 1.165) is 70.8 Å². The number of aryl methyl sites for hydroxylation is 2. The molecule has 6 nitrogen and oxygen atoms in total. The van der Waals surface area contributed by atoms with Crippen molar-refractivity contribution in [1.82, 2.24) is 9.88 Å². The number of nitrogens with zero attached hydrogens (tertiary/aromatic N) is 3. The van der Waals surface area contributed by atoms with Gasteiger partial charge in [-0.2, -0.15) is 0 Å². The number of benzene rings is 1. The van der Waals surface area contributed by atoms with Crippen LogP contribution in [0.1, 0.15) is 65.9 Å². The monoisotopic (exact) mass is 577 g/mol. The fourth-order valence-corrected chi connectivity index (χ4v) is 5.67. The Balaban J connectivity index is 0.000000303. The Kier molecular flexibility index (Phi) is 12.0. The standard InChI is InChI=1S/C21H29N3OS.C7H11BrO2/c1-5-24(4)14-22-19-11-15(2)18(10-16(19)3)12-21-23-20(13-26-21)17-6-8-25-9-7-17;8-5-7(9)6-1-3-10-4-2-6/h10-11,13-14,17H,5-9,12H2,1-4H3;6H,1-5H2. The lowest BCUT2D eigenvalue weighted by Gasteiger charge is -2.20. The zero-order valence-electron chi connectivity index (χ0n) is 22.1. The van der Waals surface area contributed by atoms with Gasteiger partial charge in [-0.15, -0.1) is 11.3 Å². The molecule has 4 rings (SSSR count). The number of ether oxygens (including phenoxy) is 2. The number of hydrogen-bond donors (Lipinski definition) is 0. The zero-order valence-corrected chi connectivity index (χ0v) is 24.5. The predicted molar refractivity (Wildman–Crippen MR) is 152 cm³/mol. The van der Waals surface area contributed by atoms with E-state index in [-0.39, 0.29) is 5.92 Å². The summed E-state index contributed by atoms with van der Waals surface area (Å²) >= 11 is 4.95. The summed E-state index contributed by atoms with van der Waals surface area (Å²) in [4.78, 5) is 22.7. The highest BCUT2D eigenvalue weighted by Crippen LogP contribution is 2.30. The maximum Gasteiger partial charge on any atom is 0.146 e. The number of Topliss-reactive ketones (excluding diaryl/α,β-unsaturated/α-hetero) is 1. The molecule has 0 saturated carbocycles. The summed E-state index contributed by atoms with van der Waals surface area (Å²) in [6.07, 6.45) is 6.82. The topological polar surface area (TPSA) is 64.0 Å². The van der Waals surface area contributed by atoms with E-state index in [4.69, 9.17) is 14.5 Å². The first-order valence-electron chi connectivity index (χ1n) is 12.9.